The summed E-state index contributed by atoms with van der Waals surface area (Å²) in [5, 5.41) is 0.992. The number of benzene rings is 2. The number of likely N-dealkylation sites (tertiary alicyclic amines) is 1. The van der Waals surface area contributed by atoms with Crippen molar-refractivity contribution in [2.45, 2.75) is 40.5 Å². The van der Waals surface area contributed by atoms with Crippen molar-refractivity contribution in [1.29, 1.82) is 0 Å². The van der Waals surface area contributed by atoms with Crippen LogP contribution in [0.3, 0.4) is 0 Å². The number of carbonyl (C=O) groups excluding carboxylic acids is 1. The third-order valence-corrected chi connectivity index (χ3v) is 6.45. The highest BCUT2D eigenvalue weighted by Gasteiger charge is 2.22. The van der Waals surface area contributed by atoms with Crippen molar-refractivity contribution in [2.24, 2.45) is 5.92 Å². The maximum absolute atomic E-state index is 13.0. The van der Waals surface area contributed by atoms with Gasteiger partial charge in [0.1, 0.15) is 17.1 Å². The number of amides is 1. The van der Waals surface area contributed by atoms with E-state index in [-0.39, 0.29) is 5.91 Å². The van der Waals surface area contributed by atoms with Crippen molar-refractivity contribution in [3.63, 3.8) is 0 Å². The topological polar surface area (TPSA) is 51.9 Å². The largest absolute Gasteiger partial charge is 0.497 e. The molecule has 1 fully saturated rings. The summed E-state index contributed by atoms with van der Waals surface area (Å²) in [4.78, 5) is 15.0. The third-order valence-electron chi connectivity index (χ3n) is 6.45. The molecule has 3 aromatic rings. The van der Waals surface area contributed by atoms with Crippen LogP contribution in [0.15, 0.2) is 47.1 Å². The Morgan fingerprint density at radius 1 is 1.30 bits per heavy atom. The molecule has 33 heavy (non-hydrogen) atoms. The summed E-state index contributed by atoms with van der Waals surface area (Å²) >= 11 is 0. The zero-order valence-electron chi connectivity index (χ0n) is 20.2. The van der Waals surface area contributed by atoms with Crippen LogP contribution in [-0.4, -0.2) is 37.6 Å². The second-order valence-corrected chi connectivity index (χ2v) is 8.93. The molecule has 5 heteroatoms. The van der Waals surface area contributed by atoms with Crippen molar-refractivity contribution < 1.29 is 18.7 Å². The lowest BCUT2D eigenvalue weighted by Gasteiger charge is -2.30. The monoisotopic (exact) mass is 447 g/mol. The molecule has 0 N–H and O–H groups in total. The molecule has 1 aliphatic heterocycles. The molecular weight excluding hydrogens is 414 g/mol. The van der Waals surface area contributed by atoms with Crippen molar-refractivity contribution in [3.05, 3.63) is 53.8 Å². The van der Waals surface area contributed by atoms with Crippen LogP contribution in [0, 0.1) is 12.8 Å². The van der Waals surface area contributed by atoms with Crippen LogP contribution in [0.1, 0.15) is 44.7 Å². The van der Waals surface area contributed by atoms with Gasteiger partial charge in [-0.3, -0.25) is 4.79 Å². The van der Waals surface area contributed by atoms with Gasteiger partial charge in [0, 0.05) is 41.2 Å². The number of furan rings is 1. The Labute approximate surface area is 196 Å². The summed E-state index contributed by atoms with van der Waals surface area (Å²) in [5.41, 5.74) is 5.55. The van der Waals surface area contributed by atoms with Gasteiger partial charge in [-0.15, -0.1) is 0 Å². The van der Waals surface area contributed by atoms with E-state index in [1.807, 2.05) is 49.9 Å². The molecule has 1 atom stereocenters. The quantitative estimate of drug-likeness (QED) is 0.406. The highest BCUT2D eigenvalue weighted by molar-refractivity contribution is 6.01. The number of allylic oxidation sites excluding steroid dienone is 1. The number of aryl methyl sites for hydroxylation is 1. The van der Waals surface area contributed by atoms with E-state index in [1.165, 1.54) is 6.42 Å². The minimum absolute atomic E-state index is 0.0689. The van der Waals surface area contributed by atoms with Gasteiger partial charge in [0.25, 0.3) is 0 Å². The maximum Gasteiger partial charge on any atom is 0.246 e. The fourth-order valence-corrected chi connectivity index (χ4v) is 4.70. The molecule has 5 nitrogen and oxygen atoms in total. The molecule has 1 saturated heterocycles. The number of nitrogens with zero attached hydrogens (tertiary/aromatic N) is 1. The zero-order valence-corrected chi connectivity index (χ0v) is 20.2. The molecule has 1 amide bonds. The SMILES string of the molecule is CCOc1c(/C(C)=C/C(=O)N2CCCC(C)C2)cc2c(-c3cccc(OC)c3)coc2c1C. The van der Waals surface area contributed by atoms with Crippen LogP contribution in [-0.2, 0) is 4.79 Å². The Bertz CT molecular complexity index is 1190. The number of fused-ring (bicyclic) bond motifs is 1. The summed E-state index contributed by atoms with van der Waals surface area (Å²) < 4.78 is 17.5. The van der Waals surface area contributed by atoms with Gasteiger partial charge in [-0.2, -0.15) is 0 Å². The lowest BCUT2D eigenvalue weighted by molar-refractivity contribution is -0.127. The van der Waals surface area contributed by atoms with Crippen LogP contribution in [0.2, 0.25) is 0 Å². The van der Waals surface area contributed by atoms with Gasteiger partial charge in [-0.05, 0) is 68.9 Å². The predicted octanol–water partition coefficient (Wildman–Crippen LogP) is 6.48. The van der Waals surface area contributed by atoms with Gasteiger partial charge in [-0.1, -0.05) is 19.1 Å². The van der Waals surface area contributed by atoms with Gasteiger partial charge >= 0.3 is 0 Å². The molecule has 1 aliphatic rings. The minimum atomic E-state index is 0.0689. The van der Waals surface area contributed by atoms with Crippen LogP contribution >= 0.6 is 0 Å². The Balaban J connectivity index is 1.80. The summed E-state index contributed by atoms with van der Waals surface area (Å²) in [5.74, 6) is 2.18. The summed E-state index contributed by atoms with van der Waals surface area (Å²) in [6.07, 6.45) is 5.79. The standard InChI is InChI=1S/C28H33NO4/c1-6-32-27-20(4)28-24(25(17-33-28)21-10-7-11-22(14-21)31-5)15-23(27)19(3)13-26(30)29-12-8-9-18(2)16-29/h7,10-11,13-15,17-18H,6,8-9,12,16H2,1-5H3/b19-13+. The molecule has 2 aromatic carbocycles. The number of ether oxygens (including phenoxy) is 2. The van der Waals surface area contributed by atoms with Gasteiger partial charge in [0.15, 0.2) is 0 Å². The van der Waals surface area contributed by atoms with Crippen LogP contribution in [0.5, 0.6) is 11.5 Å². The van der Waals surface area contributed by atoms with E-state index in [9.17, 15) is 4.79 Å². The number of rotatable bonds is 6. The van der Waals surface area contributed by atoms with E-state index in [0.29, 0.717) is 12.5 Å². The van der Waals surface area contributed by atoms with Crippen LogP contribution in [0.4, 0.5) is 0 Å². The fourth-order valence-electron chi connectivity index (χ4n) is 4.70. The Kier molecular flexibility index (Phi) is 6.77. The van der Waals surface area contributed by atoms with Crippen molar-refractivity contribution >= 4 is 22.4 Å². The first-order chi connectivity index (χ1) is 15.9. The number of methoxy groups -OCH3 is 1. The number of carbonyl (C=O) groups is 1. The van der Waals surface area contributed by atoms with E-state index in [0.717, 1.165) is 69.8 Å². The molecule has 0 saturated carbocycles. The second-order valence-electron chi connectivity index (χ2n) is 8.93. The lowest BCUT2D eigenvalue weighted by atomic mass is 9.96. The molecule has 0 aliphatic carbocycles. The molecule has 0 spiro atoms. The predicted molar refractivity (Wildman–Crippen MR) is 133 cm³/mol. The first kappa shape index (κ1) is 23.0. The van der Waals surface area contributed by atoms with Gasteiger partial charge in [-0.25, -0.2) is 0 Å². The van der Waals surface area contributed by atoms with E-state index in [4.69, 9.17) is 13.9 Å². The zero-order chi connectivity index (χ0) is 23.5. The van der Waals surface area contributed by atoms with Crippen molar-refractivity contribution in [2.75, 3.05) is 26.8 Å². The molecule has 2 heterocycles. The molecule has 1 unspecified atom stereocenters. The molecular formula is C28H33NO4. The van der Waals surface area contributed by atoms with E-state index in [1.54, 1.807) is 19.4 Å². The summed E-state index contributed by atoms with van der Waals surface area (Å²) in [7, 11) is 1.66. The van der Waals surface area contributed by atoms with Crippen molar-refractivity contribution in [3.8, 4) is 22.6 Å². The van der Waals surface area contributed by atoms with Crippen LogP contribution < -0.4 is 9.47 Å². The molecule has 4 rings (SSSR count). The third kappa shape index (κ3) is 4.63. The molecule has 1 aromatic heterocycles. The van der Waals surface area contributed by atoms with E-state index in [2.05, 4.69) is 13.0 Å². The smallest absolute Gasteiger partial charge is 0.246 e. The first-order valence-corrected chi connectivity index (χ1v) is 11.7. The molecule has 0 radical (unpaired) electrons. The average molecular weight is 448 g/mol. The Hall–Kier alpha value is -3.21. The second kappa shape index (κ2) is 9.74. The highest BCUT2D eigenvalue weighted by atomic mass is 16.5. The summed E-state index contributed by atoms with van der Waals surface area (Å²) in [6, 6.07) is 10.0. The number of hydrogen-bond donors (Lipinski definition) is 0. The average Bonchev–Trinajstić information content (AvgIpc) is 3.25. The van der Waals surface area contributed by atoms with Gasteiger partial charge in [0.05, 0.1) is 20.0 Å². The first-order valence-electron chi connectivity index (χ1n) is 11.7. The highest BCUT2D eigenvalue weighted by Crippen LogP contribution is 2.41. The lowest BCUT2D eigenvalue weighted by Crippen LogP contribution is -2.38. The molecule has 0 bridgehead atoms. The fraction of sp³-hybridized carbons (Fsp3) is 0.393. The van der Waals surface area contributed by atoms with E-state index < -0.39 is 0 Å². The Morgan fingerprint density at radius 2 is 2.12 bits per heavy atom. The maximum atomic E-state index is 13.0. The van der Waals surface area contributed by atoms with Gasteiger partial charge in [0.2, 0.25) is 5.91 Å². The number of hydrogen-bond acceptors (Lipinski definition) is 4. The summed E-state index contributed by atoms with van der Waals surface area (Å²) in [6.45, 7) is 10.4. The van der Waals surface area contributed by atoms with E-state index >= 15 is 0 Å². The molecule has 174 valence electrons. The van der Waals surface area contributed by atoms with Crippen LogP contribution in [0.25, 0.3) is 27.7 Å². The van der Waals surface area contributed by atoms with Crippen molar-refractivity contribution in [1.82, 2.24) is 4.90 Å². The number of piperidine rings is 1. The Morgan fingerprint density at radius 3 is 2.85 bits per heavy atom. The minimum Gasteiger partial charge on any atom is -0.497 e. The normalized spacial score (nSPS) is 16.8. The van der Waals surface area contributed by atoms with Gasteiger partial charge < -0.3 is 18.8 Å².